The number of hydrogen-bond acceptors (Lipinski definition) is 4. The Hall–Kier alpha value is -2.95. The first-order chi connectivity index (χ1) is 11.0. The molecule has 0 aliphatic carbocycles. The van der Waals surface area contributed by atoms with E-state index in [4.69, 9.17) is 9.47 Å². The van der Waals surface area contributed by atoms with Gasteiger partial charge in [-0.05, 0) is 35.4 Å². The zero-order chi connectivity index (χ0) is 16.8. The summed E-state index contributed by atoms with van der Waals surface area (Å²) < 4.78 is 23.8. The van der Waals surface area contributed by atoms with E-state index in [2.05, 4.69) is 6.58 Å². The molecule has 0 atom stereocenters. The lowest BCUT2D eigenvalue weighted by molar-refractivity contribution is -0.134. The normalized spacial score (nSPS) is 10.0. The van der Waals surface area contributed by atoms with Crippen LogP contribution in [-0.4, -0.2) is 11.9 Å². The zero-order valence-electron chi connectivity index (χ0n) is 12.5. The molecule has 2 rings (SSSR count). The molecule has 0 aromatic heterocycles. The molecule has 5 heteroatoms. The summed E-state index contributed by atoms with van der Waals surface area (Å²) in [4.78, 5) is 22.3. The second-order valence-electron chi connectivity index (χ2n) is 4.62. The van der Waals surface area contributed by atoms with Crippen molar-refractivity contribution in [1.29, 1.82) is 0 Å². The Kier molecular flexibility index (Phi) is 5.25. The number of ether oxygens (including phenoxy) is 2. The summed E-state index contributed by atoms with van der Waals surface area (Å²) in [7, 11) is 0. The van der Waals surface area contributed by atoms with Crippen LogP contribution < -0.4 is 9.47 Å². The number of rotatable bonds is 5. The van der Waals surface area contributed by atoms with Crippen LogP contribution in [0, 0.1) is 5.82 Å². The van der Waals surface area contributed by atoms with Crippen LogP contribution in [-0.2, 0) is 9.59 Å². The van der Waals surface area contributed by atoms with Gasteiger partial charge in [0.05, 0.1) is 0 Å². The van der Waals surface area contributed by atoms with Gasteiger partial charge < -0.3 is 9.47 Å². The van der Waals surface area contributed by atoms with Crippen molar-refractivity contribution in [2.45, 2.75) is 13.3 Å². The van der Waals surface area contributed by atoms with E-state index in [0.29, 0.717) is 11.3 Å². The average Bonchev–Trinajstić information content (AvgIpc) is 2.57. The Balaban J connectivity index is 2.18. The molecule has 0 bridgehead atoms. The lowest BCUT2D eigenvalue weighted by atomic mass is 10.1. The molecule has 2 aromatic carbocycles. The van der Waals surface area contributed by atoms with Gasteiger partial charge in [-0.2, -0.15) is 0 Å². The van der Waals surface area contributed by atoms with E-state index in [1.165, 1.54) is 12.1 Å². The van der Waals surface area contributed by atoms with Crippen molar-refractivity contribution in [1.82, 2.24) is 0 Å². The van der Waals surface area contributed by atoms with E-state index < -0.39 is 17.8 Å². The fourth-order valence-electron chi connectivity index (χ4n) is 1.83. The first-order valence-corrected chi connectivity index (χ1v) is 6.98. The largest absolute Gasteiger partial charge is 0.423 e. The van der Waals surface area contributed by atoms with Crippen molar-refractivity contribution in [3.05, 3.63) is 60.9 Å². The first kappa shape index (κ1) is 16.4. The van der Waals surface area contributed by atoms with E-state index in [0.717, 1.165) is 11.6 Å². The summed E-state index contributed by atoms with van der Waals surface area (Å²) in [6.45, 7) is 4.95. The van der Waals surface area contributed by atoms with Gasteiger partial charge in [-0.1, -0.05) is 31.7 Å². The van der Waals surface area contributed by atoms with Gasteiger partial charge >= 0.3 is 11.9 Å². The predicted octanol–water partition coefficient (Wildman–Crippen LogP) is 3.90. The molecule has 0 saturated heterocycles. The van der Waals surface area contributed by atoms with Gasteiger partial charge in [-0.25, -0.2) is 9.18 Å². The molecule has 0 radical (unpaired) electrons. The smallest absolute Gasteiger partial charge is 0.335 e. The molecule has 4 nitrogen and oxygen atoms in total. The van der Waals surface area contributed by atoms with Crippen molar-refractivity contribution in [2.75, 3.05) is 0 Å². The number of carbonyl (C=O) groups excluding carboxylic acids is 2. The summed E-state index contributed by atoms with van der Waals surface area (Å²) in [6.07, 6.45) is 1.24. The Bertz CT molecular complexity index is 735. The van der Waals surface area contributed by atoms with Gasteiger partial charge in [0.2, 0.25) is 0 Å². The molecule has 0 N–H and O–H groups in total. The molecule has 118 valence electrons. The van der Waals surface area contributed by atoms with Crippen LogP contribution in [0.3, 0.4) is 0 Å². The van der Waals surface area contributed by atoms with Gasteiger partial charge in [0.1, 0.15) is 5.75 Å². The zero-order valence-corrected chi connectivity index (χ0v) is 12.5. The van der Waals surface area contributed by atoms with E-state index in [1.54, 1.807) is 37.3 Å². The van der Waals surface area contributed by atoms with Crippen molar-refractivity contribution in [2.24, 2.45) is 0 Å². The van der Waals surface area contributed by atoms with Crippen LogP contribution in [0.2, 0.25) is 0 Å². The Morgan fingerprint density at radius 3 is 2.30 bits per heavy atom. The Morgan fingerprint density at radius 1 is 1.09 bits per heavy atom. The Morgan fingerprint density at radius 2 is 1.74 bits per heavy atom. The SMILES string of the molecule is C=CC(=O)Oc1ccc(-c2ccc(OC(=O)CC)c(F)c2)cc1. The topological polar surface area (TPSA) is 52.6 Å². The highest BCUT2D eigenvalue weighted by molar-refractivity contribution is 5.83. The lowest BCUT2D eigenvalue weighted by Crippen LogP contribution is -2.06. The van der Waals surface area contributed by atoms with E-state index in [9.17, 15) is 14.0 Å². The molecule has 0 fully saturated rings. The van der Waals surface area contributed by atoms with Gasteiger partial charge in [-0.3, -0.25) is 4.79 Å². The quantitative estimate of drug-likeness (QED) is 0.477. The maximum absolute atomic E-state index is 14.0. The van der Waals surface area contributed by atoms with Crippen LogP contribution in [0.15, 0.2) is 55.1 Å². The molecule has 2 aromatic rings. The van der Waals surface area contributed by atoms with Crippen LogP contribution in [0.1, 0.15) is 13.3 Å². The van der Waals surface area contributed by atoms with Crippen molar-refractivity contribution in [3.63, 3.8) is 0 Å². The molecule has 0 heterocycles. The predicted molar refractivity (Wildman–Crippen MR) is 83.6 cm³/mol. The highest BCUT2D eigenvalue weighted by Crippen LogP contribution is 2.27. The minimum atomic E-state index is -0.619. The minimum Gasteiger partial charge on any atom is -0.423 e. The van der Waals surface area contributed by atoms with Gasteiger partial charge in [0, 0.05) is 12.5 Å². The second kappa shape index (κ2) is 7.35. The van der Waals surface area contributed by atoms with Crippen molar-refractivity contribution < 1.29 is 23.5 Å². The van der Waals surface area contributed by atoms with Gasteiger partial charge in [-0.15, -0.1) is 0 Å². The summed E-state index contributed by atoms with van der Waals surface area (Å²) >= 11 is 0. The van der Waals surface area contributed by atoms with E-state index >= 15 is 0 Å². The standard InChI is InChI=1S/C18H15FO4/c1-3-17(20)22-14-8-5-12(6-9-14)13-7-10-16(15(19)11-13)23-18(21)4-2/h3,5-11H,1,4H2,2H3. The summed E-state index contributed by atoms with van der Waals surface area (Å²) in [5.41, 5.74) is 1.34. The summed E-state index contributed by atoms with van der Waals surface area (Å²) in [5, 5.41) is 0. The van der Waals surface area contributed by atoms with Crippen LogP contribution in [0.5, 0.6) is 11.5 Å². The minimum absolute atomic E-state index is 0.0999. The number of benzene rings is 2. The molecule has 0 saturated carbocycles. The molecular formula is C18H15FO4. The molecule has 0 unspecified atom stereocenters. The van der Waals surface area contributed by atoms with Crippen LogP contribution >= 0.6 is 0 Å². The van der Waals surface area contributed by atoms with Gasteiger partial charge in [0.25, 0.3) is 0 Å². The number of carbonyl (C=O) groups is 2. The van der Waals surface area contributed by atoms with E-state index in [1.807, 2.05) is 0 Å². The third-order valence-electron chi connectivity index (χ3n) is 3.02. The first-order valence-electron chi connectivity index (χ1n) is 6.98. The monoisotopic (exact) mass is 314 g/mol. The molecular weight excluding hydrogens is 299 g/mol. The molecule has 0 aliphatic heterocycles. The van der Waals surface area contributed by atoms with Crippen molar-refractivity contribution in [3.8, 4) is 22.6 Å². The summed E-state index contributed by atoms with van der Waals surface area (Å²) in [5.74, 6) is -1.40. The molecule has 0 aliphatic rings. The average molecular weight is 314 g/mol. The van der Waals surface area contributed by atoms with Crippen molar-refractivity contribution >= 4 is 11.9 Å². The Labute approximate surface area is 133 Å². The molecule has 0 amide bonds. The molecule has 0 spiro atoms. The fourth-order valence-corrected chi connectivity index (χ4v) is 1.83. The lowest BCUT2D eigenvalue weighted by Gasteiger charge is -2.07. The van der Waals surface area contributed by atoms with E-state index in [-0.39, 0.29) is 12.2 Å². The second-order valence-corrected chi connectivity index (χ2v) is 4.62. The maximum Gasteiger partial charge on any atom is 0.335 e. The fraction of sp³-hybridized carbons (Fsp3) is 0.111. The third kappa shape index (κ3) is 4.26. The highest BCUT2D eigenvalue weighted by Gasteiger charge is 2.10. The van der Waals surface area contributed by atoms with Crippen LogP contribution in [0.4, 0.5) is 4.39 Å². The van der Waals surface area contributed by atoms with Gasteiger partial charge in [0.15, 0.2) is 11.6 Å². The number of hydrogen-bond donors (Lipinski definition) is 0. The number of esters is 2. The molecule has 23 heavy (non-hydrogen) atoms. The van der Waals surface area contributed by atoms with Crippen LogP contribution in [0.25, 0.3) is 11.1 Å². The highest BCUT2D eigenvalue weighted by atomic mass is 19.1. The number of halogens is 1. The maximum atomic E-state index is 14.0. The third-order valence-corrected chi connectivity index (χ3v) is 3.02. The summed E-state index contributed by atoms with van der Waals surface area (Å²) in [6, 6.07) is 10.9.